The van der Waals surface area contributed by atoms with E-state index in [9.17, 15) is 9.90 Å². The topological polar surface area (TPSA) is 90.4 Å². The van der Waals surface area contributed by atoms with Crippen molar-refractivity contribution < 1.29 is 14.6 Å². The molecule has 3 aromatic rings. The third kappa shape index (κ3) is 2.16. The van der Waals surface area contributed by atoms with Crippen molar-refractivity contribution in [2.75, 3.05) is 7.11 Å². The molecule has 0 fully saturated rings. The quantitative estimate of drug-likeness (QED) is 0.755. The summed E-state index contributed by atoms with van der Waals surface area (Å²) in [7, 11) is 1.49. The molecule has 0 saturated carbocycles. The number of hydrogen-bond acceptors (Lipinski definition) is 4. The summed E-state index contributed by atoms with van der Waals surface area (Å²) in [4.78, 5) is 15.5. The summed E-state index contributed by atoms with van der Waals surface area (Å²) < 4.78 is 6.38. The Morgan fingerprint density at radius 1 is 1.29 bits per heavy atom. The Labute approximate surface area is 120 Å². The van der Waals surface area contributed by atoms with Gasteiger partial charge in [-0.05, 0) is 29.8 Å². The average Bonchev–Trinajstić information content (AvgIpc) is 2.91. The van der Waals surface area contributed by atoms with Crippen molar-refractivity contribution in [1.29, 1.82) is 0 Å². The van der Waals surface area contributed by atoms with Crippen LogP contribution in [-0.2, 0) is 0 Å². The molecule has 3 N–H and O–H groups in total. The lowest BCUT2D eigenvalue weighted by molar-refractivity contribution is 0.251. The maximum atomic E-state index is 11.3. The molecule has 0 aliphatic heterocycles. The van der Waals surface area contributed by atoms with Gasteiger partial charge in [-0.3, -0.25) is 4.57 Å². The molecule has 0 spiro atoms. The first-order valence-corrected chi connectivity index (χ1v) is 6.24. The van der Waals surface area contributed by atoms with Gasteiger partial charge in [0.15, 0.2) is 11.5 Å². The van der Waals surface area contributed by atoms with E-state index in [2.05, 4.69) is 4.98 Å². The van der Waals surface area contributed by atoms with E-state index in [1.165, 1.54) is 11.7 Å². The molecule has 6 heteroatoms. The molecule has 0 unspecified atom stereocenters. The predicted octanol–water partition coefficient (Wildman–Crippen LogP) is 2.34. The minimum absolute atomic E-state index is 0.0789. The largest absolute Gasteiger partial charge is 0.504 e. The van der Waals surface area contributed by atoms with Gasteiger partial charge in [-0.15, -0.1) is 0 Å². The smallest absolute Gasteiger partial charge is 0.324 e. The van der Waals surface area contributed by atoms with Crippen LogP contribution in [0, 0.1) is 0 Å². The van der Waals surface area contributed by atoms with Crippen LogP contribution in [0.15, 0.2) is 42.7 Å². The molecule has 2 heterocycles. The van der Waals surface area contributed by atoms with E-state index in [1.54, 1.807) is 36.7 Å². The molecule has 1 aromatic carbocycles. The number of carbonyl (C=O) groups excluding carboxylic acids is 1. The fourth-order valence-corrected chi connectivity index (χ4v) is 2.22. The number of phenolic OH excluding ortho intramolecular Hbond substituents is 1. The van der Waals surface area contributed by atoms with Crippen LogP contribution in [0.5, 0.6) is 11.5 Å². The van der Waals surface area contributed by atoms with E-state index >= 15 is 0 Å². The fraction of sp³-hybridized carbons (Fsp3) is 0.0667. The number of ether oxygens (including phenoxy) is 1. The number of amides is 1. The molecule has 21 heavy (non-hydrogen) atoms. The first-order valence-electron chi connectivity index (χ1n) is 6.24. The average molecular weight is 283 g/mol. The van der Waals surface area contributed by atoms with E-state index < -0.39 is 6.03 Å². The van der Waals surface area contributed by atoms with Gasteiger partial charge < -0.3 is 15.6 Å². The number of rotatable bonds is 2. The number of fused-ring (bicyclic) bond motifs is 1. The molecule has 2 aromatic heterocycles. The van der Waals surface area contributed by atoms with Crippen LogP contribution in [0.1, 0.15) is 0 Å². The van der Waals surface area contributed by atoms with Crippen LogP contribution < -0.4 is 10.5 Å². The van der Waals surface area contributed by atoms with Gasteiger partial charge in [0.1, 0.15) is 5.65 Å². The highest BCUT2D eigenvalue weighted by atomic mass is 16.5. The van der Waals surface area contributed by atoms with Crippen molar-refractivity contribution in [1.82, 2.24) is 9.55 Å². The Morgan fingerprint density at radius 2 is 2.10 bits per heavy atom. The third-order valence-electron chi connectivity index (χ3n) is 3.28. The van der Waals surface area contributed by atoms with Gasteiger partial charge in [0.25, 0.3) is 0 Å². The third-order valence-corrected chi connectivity index (χ3v) is 3.28. The first-order chi connectivity index (χ1) is 10.1. The zero-order valence-electron chi connectivity index (χ0n) is 11.3. The van der Waals surface area contributed by atoms with Gasteiger partial charge in [0, 0.05) is 23.3 Å². The molecule has 3 rings (SSSR count). The van der Waals surface area contributed by atoms with Gasteiger partial charge in [-0.2, -0.15) is 0 Å². The number of primary amides is 1. The SMILES string of the molecule is COc1cc(-c2cnc3c(ccn3C(N)=O)c2)ccc1O. The van der Waals surface area contributed by atoms with Crippen molar-refractivity contribution in [3.8, 4) is 22.6 Å². The minimum atomic E-state index is -0.573. The number of phenols is 1. The number of methoxy groups -OCH3 is 1. The molecule has 0 radical (unpaired) electrons. The zero-order valence-corrected chi connectivity index (χ0v) is 11.3. The number of carbonyl (C=O) groups is 1. The first kappa shape index (κ1) is 13.0. The highest BCUT2D eigenvalue weighted by molar-refractivity contribution is 5.90. The number of aromatic hydroxyl groups is 1. The summed E-state index contributed by atoms with van der Waals surface area (Å²) in [5.41, 5.74) is 7.48. The molecule has 0 aliphatic rings. The molecule has 0 saturated heterocycles. The van der Waals surface area contributed by atoms with Crippen LogP contribution in [0.2, 0.25) is 0 Å². The van der Waals surface area contributed by atoms with E-state index in [4.69, 9.17) is 10.5 Å². The van der Waals surface area contributed by atoms with Crippen LogP contribution >= 0.6 is 0 Å². The molecular weight excluding hydrogens is 270 g/mol. The van der Waals surface area contributed by atoms with Crippen LogP contribution in [0.25, 0.3) is 22.2 Å². The van der Waals surface area contributed by atoms with E-state index in [-0.39, 0.29) is 5.75 Å². The van der Waals surface area contributed by atoms with Crippen molar-refractivity contribution in [3.05, 3.63) is 42.7 Å². The molecule has 106 valence electrons. The molecule has 0 atom stereocenters. The van der Waals surface area contributed by atoms with Crippen LogP contribution in [-0.4, -0.2) is 27.8 Å². The standard InChI is InChI=1S/C15H13N3O3/c1-21-13-7-9(2-3-12(13)19)11-6-10-4-5-18(15(16)20)14(10)17-8-11/h2-8,19H,1H3,(H2,16,20). The van der Waals surface area contributed by atoms with Gasteiger partial charge in [0.05, 0.1) is 7.11 Å². The van der Waals surface area contributed by atoms with E-state index in [0.717, 1.165) is 16.5 Å². The Morgan fingerprint density at radius 3 is 2.81 bits per heavy atom. The van der Waals surface area contributed by atoms with Crippen molar-refractivity contribution in [2.24, 2.45) is 5.73 Å². The second-order valence-electron chi connectivity index (χ2n) is 4.55. The summed E-state index contributed by atoms with van der Waals surface area (Å²) in [5.74, 6) is 0.470. The highest BCUT2D eigenvalue weighted by Crippen LogP contribution is 2.32. The Bertz CT molecular complexity index is 839. The van der Waals surface area contributed by atoms with Crippen LogP contribution in [0.3, 0.4) is 0 Å². The van der Waals surface area contributed by atoms with Gasteiger partial charge in [-0.25, -0.2) is 9.78 Å². The predicted molar refractivity (Wildman–Crippen MR) is 78.4 cm³/mol. The fourth-order valence-electron chi connectivity index (χ4n) is 2.22. The maximum absolute atomic E-state index is 11.3. The normalized spacial score (nSPS) is 10.7. The van der Waals surface area contributed by atoms with Gasteiger partial charge >= 0.3 is 6.03 Å². The summed E-state index contributed by atoms with van der Waals surface area (Å²) in [5, 5.41) is 10.4. The molecule has 6 nitrogen and oxygen atoms in total. The summed E-state index contributed by atoms with van der Waals surface area (Å²) >= 11 is 0. The second kappa shape index (κ2) is 4.82. The van der Waals surface area contributed by atoms with E-state index in [0.29, 0.717) is 11.4 Å². The van der Waals surface area contributed by atoms with Crippen molar-refractivity contribution in [2.45, 2.75) is 0 Å². The summed E-state index contributed by atoms with van der Waals surface area (Å²) in [6.45, 7) is 0. The number of nitrogens with zero attached hydrogens (tertiary/aromatic N) is 2. The van der Waals surface area contributed by atoms with Crippen LogP contribution in [0.4, 0.5) is 4.79 Å². The Kier molecular flexibility index (Phi) is 2.98. The summed E-state index contributed by atoms with van der Waals surface area (Å²) in [6.07, 6.45) is 3.23. The molecule has 1 amide bonds. The molecule has 0 bridgehead atoms. The lowest BCUT2D eigenvalue weighted by Crippen LogP contribution is -2.18. The number of hydrogen-bond donors (Lipinski definition) is 2. The maximum Gasteiger partial charge on any atom is 0.324 e. The zero-order chi connectivity index (χ0) is 15.0. The van der Waals surface area contributed by atoms with E-state index in [1.807, 2.05) is 6.07 Å². The van der Waals surface area contributed by atoms with Gasteiger partial charge in [-0.1, -0.05) is 6.07 Å². The lowest BCUT2D eigenvalue weighted by atomic mass is 10.1. The van der Waals surface area contributed by atoms with Gasteiger partial charge in [0.2, 0.25) is 0 Å². The number of aromatic nitrogens is 2. The molecule has 0 aliphatic carbocycles. The second-order valence-corrected chi connectivity index (χ2v) is 4.55. The summed E-state index contributed by atoms with van der Waals surface area (Å²) in [6, 6.07) is 8.15. The molecular formula is C15H13N3O3. The van der Waals surface area contributed by atoms with Crippen molar-refractivity contribution >= 4 is 17.1 Å². The Balaban J connectivity index is 2.11. The number of pyridine rings is 1. The highest BCUT2D eigenvalue weighted by Gasteiger charge is 2.09. The van der Waals surface area contributed by atoms with Crippen molar-refractivity contribution in [3.63, 3.8) is 0 Å². The lowest BCUT2D eigenvalue weighted by Gasteiger charge is -2.07. The minimum Gasteiger partial charge on any atom is -0.504 e. The number of benzene rings is 1. The monoisotopic (exact) mass is 283 g/mol. The Hall–Kier alpha value is -3.02. The number of nitrogens with two attached hydrogens (primary N) is 1.